The molecule has 0 aliphatic heterocycles. The predicted octanol–water partition coefficient (Wildman–Crippen LogP) is 3.33. The highest BCUT2D eigenvalue weighted by molar-refractivity contribution is 5.89. The molecule has 0 aromatic heterocycles. The van der Waals surface area contributed by atoms with Crippen molar-refractivity contribution >= 4 is 5.97 Å². The molecular weight excluding hydrogens is 266 g/mol. The third-order valence-electron chi connectivity index (χ3n) is 2.64. The van der Waals surface area contributed by atoms with Gasteiger partial charge in [-0.15, -0.1) is 0 Å². The van der Waals surface area contributed by atoms with Crippen molar-refractivity contribution in [2.45, 2.75) is 6.61 Å². The maximum Gasteiger partial charge on any atom is 0.337 e. The van der Waals surface area contributed by atoms with Gasteiger partial charge in [0, 0.05) is 0 Å². The Morgan fingerprint density at radius 3 is 2.60 bits per heavy atom. The zero-order valence-electron chi connectivity index (χ0n) is 10.7. The molecule has 0 bridgehead atoms. The van der Waals surface area contributed by atoms with Gasteiger partial charge in [-0.2, -0.15) is 0 Å². The molecular formula is C15H12F2O3. The minimum Gasteiger partial charge on any atom is -0.489 e. The molecule has 3 nitrogen and oxygen atoms in total. The van der Waals surface area contributed by atoms with Crippen molar-refractivity contribution in [1.82, 2.24) is 0 Å². The number of ether oxygens (including phenoxy) is 2. The highest BCUT2D eigenvalue weighted by atomic mass is 19.2. The van der Waals surface area contributed by atoms with E-state index in [-0.39, 0.29) is 6.61 Å². The van der Waals surface area contributed by atoms with Gasteiger partial charge in [0.15, 0.2) is 11.6 Å². The molecule has 0 amide bonds. The van der Waals surface area contributed by atoms with E-state index in [4.69, 9.17) is 4.74 Å². The van der Waals surface area contributed by atoms with Crippen LogP contribution in [0.4, 0.5) is 8.78 Å². The number of hydrogen-bond acceptors (Lipinski definition) is 3. The third kappa shape index (κ3) is 3.32. The van der Waals surface area contributed by atoms with Crippen LogP contribution in [-0.2, 0) is 11.3 Å². The number of methoxy groups -OCH3 is 1. The molecule has 0 N–H and O–H groups in total. The number of carbonyl (C=O) groups excluding carboxylic acids is 1. The van der Waals surface area contributed by atoms with Crippen LogP contribution in [0.3, 0.4) is 0 Å². The lowest BCUT2D eigenvalue weighted by atomic mass is 10.2. The van der Waals surface area contributed by atoms with Crippen molar-refractivity contribution in [3.05, 3.63) is 65.2 Å². The lowest BCUT2D eigenvalue weighted by Gasteiger charge is -2.08. The first-order valence-electron chi connectivity index (χ1n) is 5.85. The van der Waals surface area contributed by atoms with Gasteiger partial charge in [0.25, 0.3) is 0 Å². The molecule has 0 heterocycles. The fraction of sp³-hybridized carbons (Fsp3) is 0.133. The zero-order valence-corrected chi connectivity index (χ0v) is 10.7. The van der Waals surface area contributed by atoms with Gasteiger partial charge in [-0.1, -0.05) is 12.1 Å². The minimum atomic E-state index is -0.922. The smallest absolute Gasteiger partial charge is 0.337 e. The Morgan fingerprint density at radius 2 is 1.90 bits per heavy atom. The summed E-state index contributed by atoms with van der Waals surface area (Å²) in [6, 6.07) is 9.96. The van der Waals surface area contributed by atoms with E-state index in [1.807, 2.05) is 0 Å². The molecule has 0 fully saturated rings. The Labute approximate surface area is 114 Å². The van der Waals surface area contributed by atoms with Crippen LogP contribution in [0.15, 0.2) is 42.5 Å². The zero-order chi connectivity index (χ0) is 14.5. The molecule has 2 aromatic carbocycles. The van der Waals surface area contributed by atoms with Crippen molar-refractivity contribution in [3.63, 3.8) is 0 Å². The van der Waals surface area contributed by atoms with Crippen LogP contribution < -0.4 is 4.74 Å². The van der Waals surface area contributed by atoms with Crippen LogP contribution in [-0.4, -0.2) is 13.1 Å². The summed E-state index contributed by atoms with van der Waals surface area (Å²) in [6.45, 7) is 0.0713. The fourth-order valence-corrected chi connectivity index (χ4v) is 1.63. The molecule has 0 unspecified atom stereocenters. The van der Waals surface area contributed by atoms with E-state index < -0.39 is 17.6 Å². The topological polar surface area (TPSA) is 35.5 Å². The summed E-state index contributed by atoms with van der Waals surface area (Å²) >= 11 is 0. The van der Waals surface area contributed by atoms with E-state index in [9.17, 15) is 13.6 Å². The van der Waals surface area contributed by atoms with Crippen molar-refractivity contribution in [1.29, 1.82) is 0 Å². The quantitative estimate of drug-likeness (QED) is 0.805. The van der Waals surface area contributed by atoms with E-state index in [2.05, 4.69) is 4.74 Å². The van der Waals surface area contributed by atoms with Crippen molar-refractivity contribution < 1.29 is 23.0 Å². The van der Waals surface area contributed by atoms with Crippen LogP contribution in [0.1, 0.15) is 15.9 Å². The second-order valence-electron chi connectivity index (χ2n) is 4.06. The fourth-order valence-electron chi connectivity index (χ4n) is 1.63. The molecule has 0 aliphatic rings. The Morgan fingerprint density at radius 1 is 1.10 bits per heavy atom. The van der Waals surface area contributed by atoms with E-state index in [0.717, 1.165) is 12.1 Å². The van der Waals surface area contributed by atoms with Gasteiger partial charge in [0.05, 0.1) is 12.7 Å². The summed E-state index contributed by atoms with van der Waals surface area (Å²) in [5, 5.41) is 0. The van der Waals surface area contributed by atoms with Crippen molar-refractivity contribution in [2.24, 2.45) is 0 Å². The summed E-state index contributed by atoms with van der Waals surface area (Å²) < 4.78 is 35.8. The van der Waals surface area contributed by atoms with E-state index in [0.29, 0.717) is 16.9 Å². The van der Waals surface area contributed by atoms with Crippen LogP contribution >= 0.6 is 0 Å². The Balaban J connectivity index is 2.07. The first-order chi connectivity index (χ1) is 9.60. The molecule has 20 heavy (non-hydrogen) atoms. The molecule has 2 aromatic rings. The maximum atomic E-state index is 13.0. The number of benzene rings is 2. The van der Waals surface area contributed by atoms with Gasteiger partial charge < -0.3 is 9.47 Å². The summed E-state index contributed by atoms with van der Waals surface area (Å²) in [4.78, 5) is 11.4. The lowest BCUT2D eigenvalue weighted by molar-refractivity contribution is 0.0600. The first kappa shape index (κ1) is 14.0. The average molecular weight is 278 g/mol. The molecule has 2 rings (SSSR count). The average Bonchev–Trinajstić information content (AvgIpc) is 2.48. The third-order valence-corrected chi connectivity index (χ3v) is 2.64. The molecule has 0 aliphatic carbocycles. The molecule has 0 atom stereocenters. The summed E-state index contributed by atoms with van der Waals surface area (Å²) in [5.74, 6) is -1.85. The molecule has 0 saturated heterocycles. The number of esters is 1. The van der Waals surface area contributed by atoms with Crippen LogP contribution in [0.5, 0.6) is 5.75 Å². The van der Waals surface area contributed by atoms with Crippen LogP contribution in [0, 0.1) is 11.6 Å². The number of carbonyl (C=O) groups is 1. The van der Waals surface area contributed by atoms with E-state index >= 15 is 0 Å². The van der Waals surface area contributed by atoms with Crippen LogP contribution in [0.2, 0.25) is 0 Å². The van der Waals surface area contributed by atoms with Gasteiger partial charge in [0.1, 0.15) is 12.4 Å². The largest absolute Gasteiger partial charge is 0.489 e. The normalized spacial score (nSPS) is 10.2. The number of halogens is 2. The molecule has 0 spiro atoms. The highest BCUT2D eigenvalue weighted by Gasteiger charge is 2.07. The second kappa shape index (κ2) is 6.14. The maximum absolute atomic E-state index is 13.0. The molecule has 0 radical (unpaired) electrons. The standard InChI is InChI=1S/C15H12F2O3/c1-19-15(18)11-3-2-4-12(8-11)20-9-10-5-6-13(16)14(17)7-10/h2-8H,9H2,1H3. The van der Waals surface area contributed by atoms with Crippen LogP contribution in [0.25, 0.3) is 0 Å². The molecule has 5 heteroatoms. The minimum absolute atomic E-state index is 0.0713. The number of hydrogen-bond donors (Lipinski definition) is 0. The van der Waals surface area contributed by atoms with Gasteiger partial charge in [-0.25, -0.2) is 13.6 Å². The van der Waals surface area contributed by atoms with E-state index in [1.54, 1.807) is 18.2 Å². The Kier molecular flexibility index (Phi) is 4.30. The van der Waals surface area contributed by atoms with Crippen molar-refractivity contribution in [2.75, 3.05) is 7.11 Å². The summed E-state index contributed by atoms with van der Waals surface area (Å²) in [6.07, 6.45) is 0. The second-order valence-corrected chi connectivity index (χ2v) is 4.06. The van der Waals surface area contributed by atoms with Crippen molar-refractivity contribution in [3.8, 4) is 5.75 Å². The van der Waals surface area contributed by atoms with Gasteiger partial charge in [0.2, 0.25) is 0 Å². The highest BCUT2D eigenvalue weighted by Crippen LogP contribution is 2.16. The molecule has 104 valence electrons. The first-order valence-corrected chi connectivity index (χ1v) is 5.85. The predicted molar refractivity (Wildman–Crippen MR) is 68.5 cm³/mol. The SMILES string of the molecule is COC(=O)c1cccc(OCc2ccc(F)c(F)c2)c1. The monoisotopic (exact) mass is 278 g/mol. The number of rotatable bonds is 4. The lowest BCUT2D eigenvalue weighted by Crippen LogP contribution is -2.02. The summed E-state index contributed by atoms with van der Waals surface area (Å²) in [7, 11) is 1.29. The van der Waals surface area contributed by atoms with Gasteiger partial charge in [-0.3, -0.25) is 0 Å². The Hall–Kier alpha value is -2.43. The van der Waals surface area contributed by atoms with Gasteiger partial charge >= 0.3 is 5.97 Å². The van der Waals surface area contributed by atoms with Gasteiger partial charge in [-0.05, 0) is 35.9 Å². The summed E-state index contributed by atoms with van der Waals surface area (Å²) in [5.41, 5.74) is 0.850. The van der Waals surface area contributed by atoms with E-state index in [1.165, 1.54) is 19.2 Å². The Bertz CT molecular complexity index is 626. The molecule has 0 saturated carbocycles.